The Kier molecular flexibility index (Phi) is 5.03. The maximum absolute atomic E-state index is 12.4. The first kappa shape index (κ1) is 17.5. The second-order valence-electron chi connectivity index (χ2n) is 6.38. The predicted octanol–water partition coefficient (Wildman–Crippen LogP) is 2.95. The SMILES string of the molecule is CCc1cc2c(N3CCN(C(=O)C#Cc4ccccc4)CC3)ncnc2s1. The Morgan fingerprint density at radius 1 is 1.15 bits per heavy atom. The topological polar surface area (TPSA) is 49.3 Å². The smallest absolute Gasteiger partial charge is 0.298 e. The number of amides is 1. The molecule has 27 heavy (non-hydrogen) atoms. The molecule has 0 radical (unpaired) electrons. The third kappa shape index (κ3) is 3.79. The first-order valence-electron chi connectivity index (χ1n) is 9.09. The molecule has 2 aromatic heterocycles. The lowest BCUT2D eigenvalue weighted by Crippen LogP contribution is -2.48. The molecule has 1 amide bonds. The molecule has 0 spiro atoms. The summed E-state index contributed by atoms with van der Waals surface area (Å²) >= 11 is 1.72. The second-order valence-corrected chi connectivity index (χ2v) is 7.49. The summed E-state index contributed by atoms with van der Waals surface area (Å²) < 4.78 is 0. The van der Waals surface area contributed by atoms with Crippen LogP contribution in [0, 0.1) is 11.8 Å². The van der Waals surface area contributed by atoms with Crippen LogP contribution in [0.25, 0.3) is 10.2 Å². The van der Waals surface area contributed by atoms with Gasteiger partial charge in [0, 0.05) is 42.5 Å². The highest BCUT2D eigenvalue weighted by Crippen LogP contribution is 2.30. The minimum absolute atomic E-state index is 0.116. The van der Waals surface area contributed by atoms with E-state index in [9.17, 15) is 4.79 Å². The fourth-order valence-corrected chi connectivity index (χ4v) is 4.10. The Balaban J connectivity index is 1.44. The van der Waals surface area contributed by atoms with Crippen LogP contribution in [0.5, 0.6) is 0 Å². The maximum Gasteiger partial charge on any atom is 0.298 e. The van der Waals surface area contributed by atoms with Crippen LogP contribution in [0.4, 0.5) is 5.82 Å². The molecule has 5 nitrogen and oxygen atoms in total. The molecule has 136 valence electrons. The summed E-state index contributed by atoms with van der Waals surface area (Å²) in [7, 11) is 0. The van der Waals surface area contributed by atoms with Crippen LogP contribution in [-0.2, 0) is 11.2 Å². The Morgan fingerprint density at radius 3 is 2.67 bits per heavy atom. The number of aromatic nitrogens is 2. The number of hydrogen-bond donors (Lipinski definition) is 0. The molecule has 4 rings (SSSR count). The summed E-state index contributed by atoms with van der Waals surface area (Å²) in [5.41, 5.74) is 0.858. The molecule has 0 atom stereocenters. The number of benzene rings is 1. The van der Waals surface area contributed by atoms with Crippen LogP contribution in [-0.4, -0.2) is 47.0 Å². The number of aryl methyl sites for hydroxylation is 1. The molecule has 0 N–H and O–H groups in total. The number of rotatable bonds is 2. The second kappa shape index (κ2) is 7.77. The number of thiophene rings is 1. The molecule has 1 aromatic carbocycles. The van der Waals surface area contributed by atoms with E-state index in [2.05, 4.69) is 39.7 Å². The highest BCUT2D eigenvalue weighted by Gasteiger charge is 2.22. The van der Waals surface area contributed by atoms with Crippen LogP contribution < -0.4 is 4.90 Å². The quantitative estimate of drug-likeness (QED) is 0.645. The number of nitrogens with zero attached hydrogens (tertiary/aromatic N) is 4. The van der Waals surface area contributed by atoms with E-state index < -0.39 is 0 Å². The number of carbonyl (C=O) groups is 1. The molecule has 3 heterocycles. The number of fused-ring (bicyclic) bond motifs is 1. The maximum atomic E-state index is 12.4. The van der Waals surface area contributed by atoms with Gasteiger partial charge in [0.15, 0.2) is 0 Å². The summed E-state index contributed by atoms with van der Waals surface area (Å²) in [4.78, 5) is 27.7. The monoisotopic (exact) mass is 376 g/mol. The molecule has 0 unspecified atom stereocenters. The van der Waals surface area contributed by atoms with E-state index in [0.717, 1.165) is 41.1 Å². The average molecular weight is 376 g/mol. The average Bonchev–Trinajstić information content (AvgIpc) is 3.16. The molecular formula is C21H20N4OS. The van der Waals surface area contributed by atoms with Crippen molar-refractivity contribution in [1.29, 1.82) is 0 Å². The van der Waals surface area contributed by atoms with E-state index in [1.807, 2.05) is 35.2 Å². The first-order valence-corrected chi connectivity index (χ1v) is 9.90. The summed E-state index contributed by atoms with van der Waals surface area (Å²) in [5, 5.41) is 1.11. The van der Waals surface area contributed by atoms with Gasteiger partial charge in [-0.25, -0.2) is 9.97 Å². The molecule has 1 aliphatic rings. The van der Waals surface area contributed by atoms with Crippen molar-refractivity contribution >= 4 is 33.3 Å². The van der Waals surface area contributed by atoms with Gasteiger partial charge in [0.2, 0.25) is 0 Å². The predicted molar refractivity (Wildman–Crippen MR) is 109 cm³/mol. The standard InChI is InChI=1S/C21H20N4OS/c1-2-17-14-18-20(22-15-23-21(18)27-17)25-12-10-24(11-13-25)19(26)9-8-16-6-4-3-5-7-16/h3-7,14-15H,2,10-13H2,1H3. The molecular weight excluding hydrogens is 356 g/mol. The van der Waals surface area contributed by atoms with Gasteiger partial charge in [-0.2, -0.15) is 0 Å². The van der Waals surface area contributed by atoms with Gasteiger partial charge in [-0.1, -0.05) is 31.0 Å². The van der Waals surface area contributed by atoms with Gasteiger partial charge in [-0.15, -0.1) is 11.3 Å². The lowest BCUT2D eigenvalue weighted by molar-refractivity contribution is -0.125. The highest BCUT2D eigenvalue weighted by molar-refractivity contribution is 7.18. The summed E-state index contributed by atoms with van der Waals surface area (Å²) in [5.74, 6) is 6.56. The van der Waals surface area contributed by atoms with Crippen molar-refractivity contribution in [3.63, 3.8) is 0 Å². The normalized spacial score (nSPS) is 14.1. The number of carbonyl (C=O) groups excluding carboxylic acids is 1. The zero-order valence-electron chi connectivity index (χ0n) is 15.2. The van der Waals surface area contributed by atoms with Crippen LogP contribution >= 0.6 is 11.3 Å². The molecule has 0 aliphatic carbocycles. The van der Waals surface area contributed by atoms with E-state index >= 15 is 0 Å². The molecule has 1 fully saturated rings. The molecule has 0 saturated carbocycles. The minimum Gasteiger partial charge on any atom is -0.352 e. The van der Waals surface area contributed by atoms with Gasteiger partial charge >= 0.3 is 0 Å². The highest BCUT2D eigenvalue weighted by atomic mass is 32.1. The first-order chi connectivity index (χ1) is 13.2. The molecule has 6 heteroatoms. The van der Waals surface area contributed by atoms with Gasteiger partial charge in [-0.05, 0) is 24.6 Å². The zero-order chi connectivity index (χ0) is 18.6. The number of piperazine rings is 1. The van der Waals surface area contributed by atoms with Gasteiger partial charge in [0.1, 0.15) is 17.0 Å². The Labute approximate surface area is 162 Å². The van der Waals surface area contributed by atoms with Crippen molar-refractivity contribution in [1.82, 2.24) is 14.9 Å². The lowest BCUT2D eigenvalue weighted by atomic mass is 10.2. The van der Waals surface area contributed by atoms with Gasteiger partial charge in [0.25, 0.3) is 5.91 Å². The summed E-state index contributed by atoms with van der Waals surface area (Å²) in [6.45, 7) is 4.96. The van der Waals surface area contributed by atoms with Crippen molar-refractivity contribution in [3.05, 3.63) is 53.2 Å². The van der Waals surface area contributed by atoms with Crippen molar-refractivity contribution in [2.45, 2.75) is 13.3 Å². The molecule has 0 bridgehead atoms. The minimum atomic E-state index is -0.116. The third-order valence-electron chi connectivity index (χ3n) is 4.66. The van der Waals surface area contributed by atoms with Crippen molar-refractivity contribution < 1.29 is 4.79 Å². The van der Waals surface area contributed by atoms with E-state index in [1.165, 1.54) is 4.88 Å². The Hall–Kier alpha value is -2.91. The van der Waals surface area contributed by atoms with Crippen molar-refractivity contribution in [3.8, 4) is 11.8 Å². The van der Waals surface area contributed by atoms with Crippen LogP contribution in [0.2, 0.25) is 0 Å². The van der Waals surface area contributed by atoms with Crippen molar-refractivity contribution in [2.75, 3.05) is 31.1 Å². The number of hydrogen-bond acceptors (Lipinski definition) is 5. The molecule has 3 aromatic rings. The molecule has 1 aliphatic heterocycles. The van der Waals surface area contributed by atoms with Crippen LogP contribution in [0.3, 0.4) is 0 Å². The Morgan fingerprint density at radius 2 is 1.93 bits per heavy atom. The van der Waals surface area contributed by atoms with E-state index in [-0.39, 0.29) is 5.91 Å². The number of anilines is 1. The van der Waals surface area contributed by atoms with E-state index in [0.29, 0.717) is 13.1 Å². The van der Waals surface area contributed by atoms with E-state index in [4.69, 9.17) is 0 Å². The molecule has 1 saturated heterocycles. The fraction of sp³-hybridized carbons (Fsp3) is 0.286. The van der Waals surface area contributed by atoms with E-state index in [1.54, 1.807) is 17.7 Å². The third-order valence-corrected chi connectivity index (χ3v) is 5.85. The van der Waals surface area contributed by atoms with Crippen LogP contribution in [0.15, 0.2) is 42.7 Å². The van der Waals surface area contributed by atoms with Gasteiger partial charge in [-0.3, -0.25) is 4.79 Å². The van der Waals surface area contributed by atoms with Crippen molar-refractivity contribution in [2.24, 2.45) is 0 Å². The lowest BCUT2D eigenvalue weighted by Gasteiger charge is -2.34. The summed E-state index contributed by atoms with van der Waals surface area (Å²) in [6, 6.07) is 11.8. The van der Waals surface area contributed by atoms with Gasteiger partial charge in [0.05, 0.1) is 5.39 Å². The van der Waals surface area contributed by atoms with Crippen LogP contribution in [0.1, 0.15) is 17.4 Å². The van der Waals surface area contributed by atoms with Gasteiger partial charge < -0.3 is 9.80 Å². The zero-order valence-corrected chi connectivity index (χ0v) is 16.0. The Bertz CT molecular complexity index is 1010. The fourth-order valence-electron chi connectivity index (χ4n) is 3.17. The largest absolute Gasteiger partial charge is 0.352 e. The summed E-state index contributed by atoms with van der Waals surface area (Å²) in [6.07, 6.45) is 2.64.